The van der Waals surface area contributed by atoms with Gasteiger partial charge in [-0.1, -0.05) is 57.0 Å². The molecular weight excluding hydrogens is 258 g/mol. The number of rotatable bonds is 8. The molecule has 0 unspecified atom stereocenters. The molecule has 0 fully saturated rings. The van der Waals surface area contributed by atoms with Gasteiger partial charge in [-0.15, -0.1) is 0 Å². The van der Waals surface area contributed by atoms with Gasteiger partial charge < -0.3 is 0 Å². The average molecular weight is 283 g/mol. The van der Waals surface area contributed by atoms with Crippen LogP contribution in [0.3, 0.4) is 0 Å². The molecule has 1 aromatic carbocycles. The van der Waals surface area contributed by atoms with Gasteiger partial charge in [0.25, 0.3) is 0 Å². The molecule has 0 bridgehead atoms. The molecule has 1 atom stereocenters. The summed E-state index contributed by atoms with van der Waals surface area (Å²) in [6.45, 7) is 6.30. The van der Waals surface area contributed by atoms with Crippen molar-refractivity contribution in [2.24, 2.45) is 5.92 Å². The second-order valence-electron chi connectivity index (χ2n) is 5.59. The van der Waals surface area contributed by atoms with Crippen molar-refractivity contribution in [2.45, 2.75) is 51.8 Å². The zero-order chi connectivity index (χ0) is 14.3. The first kappa shape index (κ1) is 16.2. The average Bonchev–Trinajstić information content (AvgIpc) is 2.28. The lowest BCUT2D eigenvalue weighted by Crippen LogP contribution is -2.33. The van der Waals surface area contributed by atoms with E-state index in [0.29, 0.717) is 5.92 Å². The van der Waals surface area contributed by atoms with Gasteiger partial charge in [0.15, 0.2) is 0 Å². The molecule has 0 aliphatic carbocycles. The fourth-order valence-corrected chi connectivity index (χ4v) is 3.48. The van der Waals surface area contributed by atoms with E-state index in [1.54, 1.807) is 0 Å². The van der Waals surface area contributed by atoms with Gasteiger partial charge in [0.1, 0.15) is 0 Å². The fraction of sp³-hybridized carbons (Fsp3) is 0.600. The molecule has 3 nitrogen and oxygen atoms in total. The Kier molecular flexibility index (Phi) is 6.52. The zero-order valence-electron chi connectivity index (χ0n) is 12.1. The second kappa shape index (κ2) is 7.65. The standard InChI is InChI=1S/C15H25NO2S/c1-13(2)8-7-9-14(3)16-19(17,18)12-15-10-5-4-6-11-15/h4-6,10-11,13-14,16H,7-9,12H2,1-3H3/t14-/m0/s1. The number of hydrogen-bond acceptors (Lipinski definition) is 2. The van der Waals surface area contributed by atoms with Crippen molar-refractivity contribution in [3.63, 3.8) is 0 Å². The molecule has 1 N–H and O–H groups in total. The molecule has 0 aromatic heterocycles. The maximum absolute atomic E-state index is 12.0. The minimum absolute atomic E-state index is 0.00691. The molecule has 1 aromatic rings. The molecule has 4 heteroatoms. The predicted molar refractivity (Wildman–Crippen MR) is 80.4 cm³/mol. The molecule has 0 spiro atoms. The number of nitrogens with one attached hydrogen (secondary N) is 1. The number of benzene rings is 1. The summed E-state index contributed by atoms with van der Waals surface area (Å²) in [4.78, 5) is 0. The summed E-state index contributed by atoms with van der Waals surface area (Å²) in [7, 11) is -3.23. The third kappa shape index (κ3) is 7.33. The van der Waals surface area contributed by atoms with Crippen LogP contribution in [0.1, 0.15) is 45.6 Å². The van der Waals surface area contributed by atoms with Gasteiger partial charge in [-0.2, -0.15) is 0 Å². The SMILES string of the molecule is CC(C)CCC[C@H](C)NS(=O)(=O)Cc1ccccc1. The lowest BCUT2D eigenvalue weighted by molar-refractivity contribution is 0.488. The van der Waals surface area contributed by atoms with E-state index >= 15 is 0 Å². The highest BCUT2D eigenvalue weighted by molar-refractivity contribution is 7.88. The van der Waals surface area contributed by atoms with E-state index in [2.05, 4.69) is 18.6 Å². The predicted octanol–water partition coefficient (Wildman–Crippen LogP) is 3.32. The van der Waals surface area contributed by atoms with Crippen LogP contribution in [0, 0.1) is 5.92 Å². The van der Waals surface area contributed by atoms with Crippen molar-refractivity contribution >= 4 is 10.0 Å². The minimum atomic E-state index is -3.23. The largest absolute Gasteiger partial charge is 0.216 e. The second-order valence-corrected chi connectivity index (χ2v) is 7.34. The normalized spacial score (nSPS) is 13.7. The molecule has 19 heavy (non-hydrogen) atoms. The van der Waals surface area contributed by atoms with Crippen molar-refractivity contribution in [2.75, 3.05) is 0 Å². The van der Waals surface area contributed by atoms with Gasteiger partial charge in [0, 0.05) is 6.04 Å². The lowest BCUT2D eigenvalue weighted by atomic mass is 10.0. The van der Waals surface area contributed by atoms with Crippen molar-refractivity contribution in [3.8, 4) is 0 Å². The highest BCUT2D eigenvalue weighted by Crippen LogP contribution is 2.10. The Morgan fingerprint density at radius 1 is 1.05 bits per heavy atom. The van der Waals surface area contributed by atoms with Gasteiger partial charge in [-0.05, 0) is 24.8 Å². The van der Waals surface area contributed by atoms with Crippen LogP contribution in [-0.2, 0) is 15.8 Å². The van der Waals surface area contributed by atoms with Gasteiger partial charge in [-0.3, -0.25) is 0 Å². The van der Waals surface area contributed by atoms with Crippen molar-refractivity contribution < 1.29 is 8.42 Å². The van der Waals surface area contributed by atoms with Crippen LogP contribution in [0.4, 0.5) is 0 Å². The Balaban J connectivity index is 2.42. The van der Waals surface area contributed by atoms with Gasteiger partial charge >= 0.3 is 0 Å². The van der Waals surface area contributed by atoms with Crippen LogP contribution in [0.25, 0.3) is 0 Å². The summed E-state index contributed by atoms with van der Waals surface area (Å²) < 4.78 is 26.7. The fourth-order valence-electron chi connectivity index (χ4n) is 2.03. The maximum atomic E-state index is 12.0. The summed E-state index contributed by atoms with van der Waals surface area (Å²) in [5.41, 5.74) is 0.824. The summed E-state index contributed by atoms with van der Waals surface area (Å²) in [6.07, 6.45) is 3.10. The smallest absolute Gasteiger partial charge is 0.212 e. The van der Waals surface area contributed by atoms with Crippen molar-refractivity contribution in [1.29, 1.82) is 0 Å². The van der Waals surface area contributed by atoms with E-state index in [4.69, 9.17) is 0 Å². The van der Waals surface area contributed by atoms with Gasteiger partial charge in [-0.25, -0.2) is 13.1 Å². The van der Waals surface area contributed by atoms with Crippen LogP contribution < -0.4 is 4.72 Å². The van der Waals surface area contributed by atoms with E-state index in [9.17, 15) is 8.42 Å². The topological polar surface area (TPSA) is 46.2 Å². The first-order valence-corrected chi connectivity index (χ1v) is 8.58. The summed E-state index contributed by atoms with van der Waals surface area (Å²) >= 11 is 0. The van der Waals surface area contributed by atoms with Crippen LogP contribution in [0.2, 0.25) is 0 Å². The van der Waals surface area contributed by atoms with E-state index < -0.39 is 10.0 Å². The third-order valence-corrected chi connectivity index (χ3v) is 4.47. The molecule has 0 saturated heterocycles. The molecule has 0 heterocycles. The third-order valence-electron chi connectivity index (χ3n) is 3.00. The molecular formula is C15H25NO2S. The van der Waals surface area contributed by atoms with E-state index in [1.165, 1.54) is 0 Å². The quantitative estimate of drug-likeness (QED) is 0.795. The molecule has 0 aliphatic rings. The summed E-state index contributed by atoms with van der Waals surface area (Å²) in [5, 5.41) is 0. The number of sulfonamides is 1. The van der Waals surface area contributed by atoms with Crippen LogP contribution >= 0.6 is 0 Å². The number of hydrogen-bond donors (Lipinski definition) is 1. The van der Waals surface area contributed by atoms with Crippen LogP contribution in [0.5, 0.6) is 0 Å². The molecule has 0 saturated carbocycles. The Bertz CT molecular complexity index is 454. The minimum Gasteiger partial charge on any atom is -0.212 e. The lowest BCUT2D eigenvalue weighted by Gasteiger charge is -2.14. The van der Waals surface area contributed by atoms with Crippen molar-refractivity contribution in [3.05, 3.63) is 35.9 Å². The molecule has 1 rings (SSSR count). The van der Waals surface area contributed by atoms with Crippen LogP contribution in [0.15, 0.2) is 30.3 Å². The molecule has 0 amide bonds. The van der Waals surface area contributed by atoms with E-state index in [-0.39, 0.29) is 11.8 Å². The highest BCUT2D eigenvalue weighted by atomic mass is 32.2. The van der Waals surface area contributed by atoms with Gasteiger partial charge in [0.2, 0.25) is 10.0 Å². The van der Waals surface area contributed by atoms with Crippen LogP contribution in [-0.4, -0.2) is 14.5 Å². The zero-order valence-corrected chi connectivity index (χ0v) is 12.9. The first-order chi connectivity index (χ1) is 8.89. The Morgan fingerprint density at radius 2 is 1.68 bits per heavy atom. The summed E-state index contributed by atoms with van der Waals surface area (Å²) in [6, 6.07) is 9.28. The van der Waals surface area contributed by atoms with E-state index in [1.807, 2.05) is 37.3 Å². The van der Waals surface area contributed by atoms with Gasteiger partial charge in [0.05, 0.1) is 5.75 Å². The Hall–Kier alpha value is -0.870. The first-order valence-electron chi connectivity index (χ1n) is 6.93. The Morgan fingerprint density at radius 3 is 2.26 bits per heavy atom. The Labute approximate surface area is 117 Å². The van der Waals surface area contributed by atoms with Crippen molar-refractivity contribution in [1.82, 2.24) is 4.72 Å². The molecule has 0 aliphatic heterocycles. The molecule has 0 radical (unpaired) electrons. The maximum Gasteiger partial charge on any atom is 0.216 e. The monoisotopic (exact) mass is 283 g/mol. The molecule has 108 valence electrons. The van der Waals surface area contributed by atoms with E-state index in [0.717, 1.165) is 24.8 Å². The highest BCUT2D eigenvalue weighted by Gasteiger charge is 2.15. The summed E-state index contributed by atoms with van der Waals surface area (Å²) in [5.74, 6) is 0.732.